The molecule has 1 atom stereocenters. The van der Waals surface area contributed by atoms with Gasteiger partial charge in [-0.15, -0.1) is 0 Å². The van der Waals surface area contributed by atoms with E-state index in [1.807, 2.05) is 26.0 Å². The number of rotatable bonds is 3. The second-order valence-electron chi connectivity index (χ2n) is 4.28. The van der Waals surface area contributed by atoms with Gasteiger partial charge in [0.05, 0.1) is 12.3 Å². The molecule has 0 aliphatic carbocycles. The lowest BCUT2D eigenvalue weighted by Crippen LogP contribution is -2.27. The molecule has 0 fully saturated rings. The Hall–Kier alpha value is -2.23. The molecule has 0 aliphatic heterocycles. The Labute approximate surface area is 106 Å². The Bertz CT molecular complexity index is 547. The van der Waals surface area contributed by atoms with E-state index in [1.54, 1.807) is 24.5 Å². The molecule has 3 N–H and O–H groups in total. The largest absolute Gasteiger partial charge is 0.467 e. The van der Waals surface area contributed by atoms with Crippen LogP contribution in [0.3, 0.4) is 0 Å². The molecular formula is C14H16N2O2. The summed E-state index contributed by atoms with van der Waals surface area (Å²) >= 11 is 0. The Morgan fingerprint density at radius 2 is 2.17 bits per heavy atom. The zero-order valence-electron chi connectivity index (χ0n) is 10.4. The summed E-state index contributed by atoms with van der Waals surface area (Å²) in [7, 11) is 0. The normalized spacial score (nSPS) is 12.1. The second-order valence-corrected chi connectivity index (χ2v) is 4.28. The highest BCUT2D eigenvalue weighted by molar-refractivity contribution is 5.96. The van der Waals surface area contributed by atoms with Crippen LogP contribution >= 0.6 is 0 Å². The third-order valence-corrected chi connectivity index (χ3v) is 2.82. The molecule has 18 heavy (non-hydrogen) atoms. The van der Waals surface area contributed by atoms with E-state index in [1.165, 1.54) is 0 Å². The maximum atomic E-state index is 12.1. The predicted octanol–water partition coefficient (Wildman–Crippen LogP) is 2.66. The van der Waals surface area contributed by atoms with Gasteiger partial charge in [-0.3, -0.25) is 4.79 Å². The molecule has 1 aromatic carbocycles. The molecule has 1 heterocycles. The zero-order chi connectivity index (χ0) is 13.1. The highest BCUT2D eigenvalue weighted by Gasteiger charge is 2.15. The van der Waals surface area contributed by atoms with Crippen LogP contribution in [0.1, 0.15) is 34.6 Å². The summed E-state index contributed by atoms with van der Waals surface area (Å²) in [5.74, 6) is 0.577. The van der Waals surface area contributed by atoms with Crippen molar-refractivity contribution in [2.24, 2.45) is 0 Å². The van der Waals surface area contributed by atoms with Gasteiger partial charge in [-0.25, -0.2) is 0 Å². The van der Waals surface area contributed by atoms with Gasteiger partial charge in [0.2, 0.25) is 0 Å². The number of nitrogens with one attached hydrogen (secondary N) is 1. The van der Waals surface area contributed by atoms with Crippen molar-refractivity contribution in [3.05, 3.63) is 53.5 Å². The molecule has 0 spiro atoms. The van der Waals surface area contributed by atoms with E-state index in [4.69, 9.17) is 10.2 Å². The van der Waals surface area contributed by atoms with Gasteiger partial charge in [-0.05, 0) is 43.7 Å². The lowest BCUT2D eigenvalue weighted by atomic mass is 10.1. The lowest BCUT2D eigenvalue weighted by molar-refractivity contribution is 0.0935. The van der Waals surface area contributed by atoms with Gasteiger partial charge < -0.3 is 15.5 Å². The highest BCUT2D eigenvalue weighted by atomic mass is 16.3. The van der Waals surface area contributed by atoms with Gasteiger partial charge in [0, 0.05) is 11.3 Å². The number of furan rings is 1. The summed E-state index contributed by atoms with van der Waals surface area (Å²) in [5.41, 5.74) is 7.76. The van der Waals surface area contributed by atoms with Gasteiger partial charge in [-0.1, -0.05) is 6.07 Å². The highest BCUT2D eigenvalue weighted by Crippen LogP contribution is 2.16. The molecule has 94 valence electrons. The second kappa shape index (κ2) is 4.96. The summed E-state index contributed by atoms with van der Waals surface area (Å²) in [6, 6.07) is 8.75. The van der Waals surface area contributed by atoms with Gasteiger partial charge in [0.1, 0.15) is 5.76 Å². The first-order valence-corrected chi connectivity index (χ1v) is 5.78. The van der Waals surface area contributed by atoms with Crippen LogP contribution in [0.5, 0.6) is 0 Å². The first-order valence-electron chi connectivity index (χ1n) is 5.78. The van der Waals surface area contributed by atoms with Crippen molar-refractivity contribution in [2.75, 3.05) is 5.73 Å². The maximum Gasteiger partial charge on any atom is 0.252 e. The molecule has 0 radical (unpaired) electrons. The van der Waals surface area contributed by atoms with Gasteiger partial charge in [-0.2, -0.15) is 0 Å². The van der Waals surface area contributed by atoms with Crippen LogP contribution in [0, 0.1) is 6.92 Å². The quantitative estimate of drug-likeness (QED) is 0.815. The number of anilines is 1. The van der Waals surface area contributed by atoms with Crippen LogP contribution in [0.4, 0.5) is 5.69 Å². The molecule has 1 aromatic heterocycles. The van der Waals surface area contributed by atoms with Crippen molar-refractivity contribution in [3.63, 3.8) is 0 Å². The summed E-state index contributed by atoms with van der Waals surface area (Å²) in [5, 5.41) is 2.88. The van der Waals surface area contributed by atoms with Gasteiger partial charge in [0.25, 0.3) is 5.91 Å². The summed E-state index contributed by atoms with van der Waals surface area (Å²) < 4.78 is 5.25. The summed E-state index contributed by atoms with van der Waals surface area (Å²) in [4.78, 5) is 12.1. The molecule has 1 amide bonds. The molecule has 1 unspecified atom stereocenters. The minimum atomic E-state index is -0.173. The monoisotopic (exact) mass is 244 g/mol. The van der Waals surface area contributed by atoms with E-state index in [0.29, 0.717) is 11.3 Å². The minimum Gasteiger partial charge on any atom is -0.467 e. The van der Waals surface area contributed by atoms with Crippen molar-refractivity contribution >= 4 is 11.6 Å². The average Bonchev–Trinajstić information content (AvgIpc) is 2.85. The Morgan fingerprint density at radius 1 is 1.39 bits per heavy atom. The van der Waals surface area contributed by atoms with Gasteiger partial charge in [0.15, 0.2) is 0 Å². The number of aryl methyl sites for hydroxylation is 1. The number of carbonyl (C=O) groups excluding carboxylic acids is 1. The first kappa shape index (κ1) is 12.2. The van der Waals surface area contributed by atoms with E-state index in [0.717, 1.165) is 11.3 Å². The van der Waals surface area contributed by atoms with E-state index >= 15 is 0 Å². The summed E-state index contributed by atoms with van der Waals surface area (Å²) in [6.45, 7) is 3.75. The number of benzene rings is 1. The molecule has 0 saturated heterocycles. The number of amides is 1. The van der Waals surface area contributed by atoms with Crippen LogP contribution < -0.4 is 11.1 Å². The third-order valence-electron chi connectivity index (χ3n) is 2.82. The SMILES string of the molecule is Cc1ccc(N)cc1C(=O)NC(C)c1ccco1. The summed E-state index contributed by atoms with van der Waals surface area (Å²) in [6.07, 6.45) is 1.59. The Balaban J connectivity index is 2.15. The molecule has 4 heteroatoms. The molecule has 2 rings (SSSR count). The number of hydrogen-bond donors (Lipinski definition) is 2. The van der Waals surface area contributed by atoms with Crippen LogP contribution in [0.15, 0.2) is 41.0 Å². The minimum absolute atomic E-state index is 0.149. The van der Waals surface area contributed by atoms with Crippen LogP contribution in [0.2, 0.25) is 0 Å². The fraction of sp³-hybridized carbons (Fsp3) is 0.214. The van der Waals surface area contributed by atoms with Crippen LogP contribution in [-0.4, -0.2) is 5.91 Å². The van der Waals surface area contributed by atoms with Crippen molar-refractivity contribution in [3.8, 4) is 0 Å². The average molecular weight is 244 g/mol. The maximum absolute atomic E-state index is 12.1. The first-order chi connectivity index (χ1) is 8.58. The van der Waals surface area contributed by atoms with Crippen molar-refractivity contribution in [1.82, 2.24) is 5.32 Å². The molecule has 0 saturated carbocycles. The third kappa shape index (κ3) is 2.53. The van der Waals surface area contributed by atoms with Gasteiger partial charge >= 0.3 is 0 Å². The lowest BCUT2D eigenvalue weighted by Gasteiger charge is -2.13. The molecular weight excluding hydrogens is 228 g/mol. The Kier molecular flexibility index (Phi) is 3.37. The Morgan fingerprint density at radius 3 is 2.83 bits per heavy atom. The predicted molar refractivity (Wildman–Crippen MR) is 70.2 cm³/mol. The van der Waals surface area contributed by atoms with Crippen LogP contribution in [-0.2, 0) is 0 Å². The zero-order valence-corrected chi connectivity index (χ0v) is 10.4. The number of carbonyl (C=O) groups is 1. The number of nitrogens with two attached hydrogens (primary N) is 1. The fourth-order valence-electron chi connectivity index (χ4n) is 1.77. The topological polar surface area (TPSA) is 68.3 Å². The molecule has 2 aromatic rings. The van der Waals surface area contributed by atoms with E-state index in [2.05, 4.69) is 5.32 Å². The smallest absolute Gasteiger partial charge is 0.252 e. The van der Waals surface area contributed by atoms with Crippen molar-refractivity contribution in [2.45, 2.75) is 19.9 Å². The standard InChI is InChI=1S/C14H16N2O2/c1-9-5-6-11(15)8-12(9)14(17)16-10(2)13-4-3-7-18-13/h3-8,10H,15H2,1-2H3,(H,16,17). The molecule has 0 bridgehead atoms. The van der Waals surface area contributed by atoms with E-state index in [9.17, 15) is 4.79 Å². The van der Waals surface area contributed by atoms with Crippen LogP contribution in [0.25, 0.3) is 0 Å². The number of nitrogen functional groups attached to an aromatic ring is 1. The molecule has 0 aliphatic rings. The molecule has 4 nitrogen and oxygen atoms in total. The van der Waals surface area contributed by atoms with Crippen molar-refractivity contribution in [1.29, 1.82) is 0 Å². The van der Waals surface area contributed by atoms with E-state index in [-0.39, 0.29) is 11.9 Å². The number of hydrogen-bond acceptors (Lipinski definition) is 3. The van der Waals surface area contributed by atoms with E-state index < -0.39 is 0 Å². The van der Waals surface area contributed by atoms with Crippen molar-refractivity contribution < 1.29 is 9.21 Å². The fourth-order valence-corrected chi connectivity index (χ4v) is 1.77.